The number of carbonyl (C=O) groups is 1. The molecule has 2 aromatic rings. The minimum atomic E-state index is -1.23. The van der Waals surface area contributed by atoms with Crippen molar-refractivity contribution in [3.63, 3.8) is 0 Å². The number of halogens is 2. The van der Waals surface area contributed by atoms with Crippen LogP contribution in [0.4, 0.5) is 8.78 Å². The van der Waals surface area contributed by atoms with Crippen LogP contribution in [-0.4, -0.2) is 22.6 Å². The maximum atomic E-state index is 14.0. The molecular formula is C16H19F2N3O2. The highest BCUT2D eigenvalue weighted by Crippen LogP contribution is 2.25. The molecule has 0 saturated heterocycles. The topological polar surface area (TPSA) is 56.1 Å². The second kappa shape index (κ2) is 7.21. The molecule has 1 aromatic heterocycles. The predicted molar refractivity (Wildman–Crippen MR) is 81.2 cm³/mol. The van der Waals surface area contributed by atoms with Crippen LogP contribution in [0.1, 0.15) is 42.0 Å². The Labute approximate surface area is 133 Å². The van der Waals surface area contributed by atoms with Gasteiger partial charge in [0.25, 0.3) is 5.91 Å². The lowest BCUT2D eigenvalue weighted by atomic mass is 10.1. The van der Waals surface area contributed by atoms with Crippen LogP contribution in [-0.2, 0) is 7.05 Å². The smallest absolute Gasteiger partial charge is 0.258 e. The number of ether oxygens (including phenoxy) is 1. The van der Waals surface area contributed by atoms with E-state index in [0.29, 0.717) is 12.2 Å². The standard InChI is InChI=1S/C16H19F2N3O2/c1-4-5-11(15-19-8-9-21(15)2)20-16(22)13-12(23-3)7-6-10(17)14(13)18/h6-9,11H,4-5H2,1-3H3,(H,20,22)/t11-/m1/s1. The van der Waals surface area contributed by atoms with Crippen molar-refractivity contribution in [2.45, 2.75) is 25.8 Å². The first-order valence-electron chi connectivity index (χ1n) is 7.29. The zero-order valence-corrected chi connectivity index (χ0v) is 13.3. The van der Waals surface area contributed by atoms with Crippen LogP contribution in [0, 0.1) is 11.6 Å². The third-order valence-corrected chi connectivity index (χ3v) is 3.56. The van der Waals surface area contributed by atoms with Crippen molar-refractivity contribution in [1.29, 1.82) is 0 Å². The third kappa shape index (κ3) is 3.49. The molecule has 0 fully saturated rings. The van der Waals surface area contributed by atoms with E-state index in [1.54, 1.807) is 24.0 Å². The molecule has 0 bridgehead atoms. The average Bonchev–Trinajstić information content (AvgIpc) is 2.95. The molecule has 2 rings (SSSR count). The van der Waals surface area contributed by atoms with Gasteiger partial charge in [0.1, 0.15) is 17.1 Å². The zero-order valence-electron chi connectivity index (χ0n) is 13.3. The van der Waals surface area contributed by atoms with Crippen molar-refractivity contribution < 1.29 is 18.3 Å². The van der Waals surface area contributed by atoms with E-state index in [1.807, 2.05) is 6.92 Å². The summed E-state index contributed by atoms with van der Waals surface area (Å²) in [6.45, 7) is 1.96. The number of rotatable bonds is 6. The normalized spacial score (nSPS) is 12.0. The van der Waals surface area contributed by atoms with Gasteiger partial charge in [0.15, 0.2) is 11.6 Å². The number of hydrogen-bond acceptors (Lipinski definition) is 3. The quantitative estimate of drug-likeness (QED) is 0.889. The molecule has 1 N–H and O–H groups in total. The molecule has 0 aliphatic carbocycles. The van der Waals surface area contributed by atoms with Gasteiger partial charge in [-0.25, -0.2) is 13.8 Å². The predicted octanol–water partition coefficient (Wildman–Crippen LogP) is 2.98. The summed E-state index contributed by atoms with van der Waals surface area (Å²) in [5.41, 5.74) is -0.442. The molecule has 1 heterocycles. The lowest BCUT2D eigenvalue weighted by Gasteiger charge is -2.19. The number of carbonyl (C=O) groups excluding carboxylic acids is 1. The van der Waals surface area contributed by atoms with Crippen LogP contribution in [0.3, 0.4) is 0 Å². The van der Waals surface area contributed by atoms with Crippen molar-refractivity contribution in [2.24, 2.45) is 7.05 Å². The molecule has 1 aromatic carbocycles. The summed E-state index contributed by atoms with van der Waals surface area (Å²) in [6.07, 6.45) is 4.79. The van der Waals surface area contributed by atoms with Gasteiger partial charge in [-0.3, -0.25) is 4.79 Å². The Balaban J connectivity index is 2.33. The number of benzene rings is 1. The lowest BCUT2D eigenvalue weighted by Crippen LogP contribution is -2.31. The Morgan fingerprint density at radius 2 is 2.17 bits per heavy atom. The molecule has 0 radical (unpaired) electrons. The maximum Gasteiger partial charge on any atom is 0.258 e. The zero-order chi connectivity index (χ0) is 17.0. The van der Waals surface area contributed by atoms with E-state index in [0.717, 1.165) is 12.5 Å². The Hall–Kier alpha value is -2.44. The van der Waals surface area contributed by atoms with Gasteiger partial charge in [0.05, 0.1) is 13.2 Å². The van der Waals surface area contributed by atoms with Gasteiger partial charge in [0, 0.05) is 19.4 Å². The molecule has 7 heteroatoms. The van der Waals surface area contributed by atoms with E-state index in [9.17, 15) is 13.6 Å². The summed E-state index contributed by atoms with van der Waals surface area (Å²) in [5, 5.41) is 2.71. The number of amides is 1. The lowest BCUT2D eigenvalue weighted by molar-refractivity contribution is 0.0923. The van der Waals surface area contributed by atoms with Crippen molar-refractivity contribution in [2.75, 3.05) is 7.11 Å². The van der Waals surface area contributed by atoms with Crippen LogP contribution in [0.5, 0.6) is 5.75 Å². The molecule has 0 aliphatic heterocycles. The summed E-state index contributed by atoms with van der Waals surface area (Å²) < 4.78 is 34.2. The number of imidazole rings is 1. The van der Waals surface area contributed by atoms with E-state index in [2.05, 4.69) is 10.3 Å². The van der Waals surface area contributed by atoms with Gasteiger partial charge >= 0.3 is 0 Å². The fourth-order valence-corrected chi connectivity index (χ4v) is 2.41. The van der Waals surface area contributed by atoms with Gasteiger partial charge in [0.2, 0.25) is 0 Å². The van der Waals surface area contributed by atoms with Gasteiger partial charge in [-0.1, -0.05) is 13.3 Å². The van der Waals surface area contributed by atoms with E-state index in [1.165, 1.54) is 13.2 Å². The largest absolute Gasteiger partial charge is 0.496 e. The van der Waals surface area contributed by atoms with E-state index in [4.69, 9.17) is 4.74 Å². The molecule has 0 saturated carbocycles. The fourth-order valence-electron chi connectivity index (χ4n) is 2.41. The molecule has 5 nitrogen and oxygen atoms in total. The third-order valence-electron chi connectivity index (χ3n) is 3.56. The van der Waals surface area contributed by atoms with Gasteiger partial charge in [-0.2, -0.15) is 0 Å². The fraction of sp³-hybridized carbons (Fsp3) is 0.375. The molecule has 23 heavy (non-hydrogen) atoms. The number of aryl methyl sites for hydroxylation is 1. The molecule has 1 amide bonds. The number of hydrogen-bond donors (Lipinski definition) is 1. The van der Waals surface area contributed by atoms with E-state index in [-0.39, 0.29) is 5.75 Å². The summed E-state index contributed by atoms with van der Waals surface area (Å²) in [6, 6.07) is 1.75. The van der Waals surface area contributed by atoms with Crippen molar-refractivity contribution in [3.05, 3.63) is 47.5 Å². The second-order valence-electron chi connectivity index (χ2n) is 5.15. The first kappa shape index (κ1) is 16.9. The first-order chi connectivity index (χ1) is 11.0. The van der Waals surface area contributed by atoms with Crippen LogP contribution in [0.2, 0.25) is 0 Å². The minimum absolute atomic E-state index is 0.0171. The molecule has 0 spiro atoms. The first-order valence-corrected chi connectivity index (χ1v) is 7.29. The summed E-state index contributed by atoms with van der Waals surface area (Å²) in [5.74, 6) is -2.43. The van der Waals surface area contributed by atoms with E-state index < -0.39 is 29.1 Å². The van der Waals surface area contributed by atoms with Crippen molar-refractivity contribution in [1.82, 2.24) is 14.9 Å². The van der Waals surface area contributed by atoms with Crippen LogP contribution >= 0.6 is 0 Å². The Kier molecular flexibility index (Phi) is 5.31. The van der Waals surface area contributed by atoms with Crippen LogP contribution in [0.25, 0.3) is 0 Å². The molecule has 0 unspecified atom stereocenters. The van der Waals surface area contributed by atoms with Crippen molar-refractivity contribution in [3.8, 4) is 5.75 Å². The average molecular weight is 323 g/mol. The number of methoxy groups -OCH3 is 1. The summed E-state index contributed by atoms with van der Waals surface area (Å²) in [4.78, 5) is 16.7. The Bertz CT molecular complexity index is 701. The summed E-state index contributed by atoms with van der Waals surface area (Å²) >= 11 is 0. The van der Waals surface area contributed by atoms with Crippen LogP contribution in [0.15, 0.2) is 24.5 Å². The highest BCUT2D eigenvalue weighted by molar-refractivity contribution is 5.97. The number of aromatic nitrogens is 2. The SMILES string of the molecule is CCC[C@@H](NC(=O)c1c(OC)ccc(F)c1F)c1nccn1C. The Morgan fingerprint density at radius 3 is 2.74 bits per heavy atom. The number of nitrogens with zero attached hydrogens (tertiary/aromatic N) is 2. The van der Waals surface area contributed by atoms with Crippen molar-refractivity contribution >= 4 is 5.91 Å². The minimum Gasteiger partial charge on any atom is -0.496 e. The maximum absolute atomic E-state index is 14.0. The summed E-state index contributed by atoms with van der Waals surface area (Å²) in [7, 11) is 3.10. The molecular weight excluding hydrogens is 304 g/mol. The molecule has 0 aliphatic rings. The van der Waals surface area contributed by atoms with Gasteiger partial charge in [-0.05, 0) is 18.6 Å². The Morgan fingerprint density at radius 1 is 1.43 bits per heavy atom. The monoisotopic (exact) mass is 323 g/mol. The number of nitrogens with one attached hydrogen (secondary N) is 1. The highest BCUT2D eigenvalue weighted by Gasteiger charge is 2.25. The van der Waals surface area contributed by atoms with Crippen LogP contribution < -0.4 is 10.1 Å². The van der Waals surface area contributed by atoms with E-state index >= 15 is 0 Å². The van der Waals surface area contributed by atoms with Gasteiger partial charge < -0.3 is 14.6 Å². The molecule has 1 atom stereocenters. The van der Waals surface area contributed by atoms with Gasteiger partial charge in [-0.15, -0.1) is 0 Å². The molecule has 124 valence electrons. The highest BCUT2D eigenvalue weighted by atomic mass is 19.2. The second-order valence-corrected chi connectivity index (χ2v) is 5.15.